The molecule has 0 aliphatic carbocycles. The van der Waals surface area contributed by atoms with Crippen LogP contribution in [0.5, 0.6) is 11.5 Å². The van der Waals surface area contributed by atoms with Crippen LogP contribution in [-0.4, -0.2) is 45.8 Å². The number of benzene rings is 1. The molecule has 0 radical (unpaired) electrons. The van der Waals surface area contributed by atoms with Crippen molar-refractivity contribution in [1.29, 1.82) is 0 Å². The van der Waals surface area contributed by atoms with Crippen molar-refractivity contribution in [3.8, 4) is 11.5 Å². The van der Waals surface area contributed by atoms with Crippen molar-refractivity contribution in [2.75, 3.05) is 45.8 Å². The summed E-state index contributed by atoms with van der Waals surface area (Å²) >= 11 is 1.88. The van der Waals surface area contributed by atoms with Crippen LogP contribution in [0.2, 0.25) is 0 Å². The zero-order valence-corrected chi connectivity index (χ0v) is 13.5. The first-order valence-corrected chi connectivity index (χ1v) is 8.61. The molecule has 0 spiro atoms. The summed E-state index contributed by atoms with van der Waals surface area (Å²) in [5, 5.41) is 3.36. The molecule has 0 bridgehead atoms. The fourth-order valence-corrected chi connectivity index (χ4v) is 3.01. The second kappa shape index (κ2) is 9.92. The van der Waals surface area contributed by atoms with Gasteiger partial charge in [-0.2, -0.15) is 0 Å². The SMILES string of the molecule is COCCNCCCCSc1ccc2c(c1)OCCCO2. The number of hydrogen-bond donors (Lipinski definition) is 1. The van der Waals surface area contributed by atoms with Crippen molar-refractivity contribution in [3.63, 3.8) is 0 Å². The first-order chi connectivity index (χ1) is 10.4. The number of fused-ring (bicyclic) bond motifs is 1. The fourth-order valence-electron chi connectivity index (χ4n) is 2.07. The average Bonchev–Trinajstić information content (AvgIpc) is 2.74. The molecular formula is C16H25NO3S. The van der Waals surface area contributed by atoms with E-state index < -0.39 is 0 Å². The van der Waals surface area contributed by atoms with Gasteiger partial charge in [0.15, 0.2) is 11.5 Å². The highest BCUT2D eigenvalue weighted by Gasteiger charge is 2.10. The molecule has 0 amide bonds. The molecule has 0 aromatic heterocycles. The summed E-state index contributed by atoms with van der Waals surface area (Å²) < 4.78 is 16.3. The highest BCUT2D eigenvalue weighted by atomic mass is 32.2. The average molecular weight is 311 g/mol. The Kier molecular flexibility index (Phi) is 7.78. The summed E-state index contributed by atoms with van der Waals surface area (Å²) in [5.41, 5.74) is 0. The van der Waals surface area contributed by atoms with E-state index in [-0.39, 0.29) is 0 Å². The molecule has 0 atom stereocenters. The Morgan fingerprint density at radius 2 is 2.00 bits per heavy atom. The molecule has 118 valence electrons. The van der Waals surface area contributed by atoms with E-state index in [1.54, 1.807) is 7.11 Å². The summed E-state index contributed by atoms with van der Waals surface area (Å²) in [6, 6.07) is 6.24. The van der Waals surface area contributed by atoms with Crippen LogP contribution in [0.25, 0.3) is 0 Å². The summed E-state index contributed by atoms with van der Waals surface area (Å²) in [7, 11) is 1.73. The molecule has 0 saturated carbocycles. The van der Waals surface area contributed by atoms with Crippen LogP contribution in [0.1, 0.15) is 19.3 Å². The van der Waals surface area contributed by atoms with Gasteiger partial charge in [0.05, 0.1) is 19.8 Å². The lowest BCUT2D eigenvalue weighted by atomic mass is 10.3. The molecule has 21 heavy (non-hydrogen) atoms. The molecule has 1 aromatic rings. The lowest BCUT2D eigenvalue weighted by Gasteiger charge is -2.09. The molecule has 1 aliphatic rings. The third-order valence-corrected chi connectivity index (χ3v) is 4.30. The van der Waals surface area contributed by atoms with Crippen molar-refractivity contribution in [2.24, 2.45) is 0 Å². The molecule has 4 nitrogen and oxygen atoms in total. The highest BCUT2D eigenvalue weighted by Crippen LogP contribution is 2.34. The lowest BCUT2D eigenvalue weighted by molar-refractivity contribution is 0.199. The Morgan fingerprint density at radius 1 is 1.14 bits per heavy atom. The second-order valence-electron chi connectivity index (χ2n) is 4.96. The normalized spacial score (nSPS) is 14.0. The smallest absolute Gasteiger partial charge is 0.162 e. The summed E-state index contributed by atoms with van der Waals surface area (Å²) in [6.45, 7) is 4.27. The van der Waals surface area contributed by atoms with Crippen LogP contribution in [0.4, 0.5) is 0 Å². The van der Waals surface area contributed by atoms with Gasteiger partial charge in [0, 0.05) is 25.0 Å². The number of unbranched alkanes of at least 4 members (excludes halogenated alkanes) is 1. The third kappa shape index (κ3) is 6.16. The standard InChI is InChI=1S/C16H25NO3S/c1-18-11-8-17-7-2-3-12-21-14-5-6-15-16(13-14)20-10-4-9-19-15/h5-6,13,17H,2-4,7-12H2,1H3. The van der Waals surface area contributed by atoms with Crippen molar-refractivity contribution in [1.82, 2.24) is 5.32 Å². The van der Waals surface area contributed by atoms with E-state index in [0.717, 1.165) is 56.6 Å². The van der Waals surface area contributed by atoms with Crippen LogP contribution >= 0.6 is 11.8 Å². The number of ether oxygens (including phenoxy) is 3. The van der Waals surface area contributed by atoms with Crippen LogP contribution in [-0.2, 0) is 4.74 Å². The molecule has 0 saturated heterocycles. The summed E-state index contributed by atoms with van der Waals surface area (Å²) in [4.78, 5) is 1.26. The molecule has 2 rings (SSSR count). The monoisotopic (exact) mass is 311 g/mol. The van der Waals surface area contributed by atoms with Gasteiger partial charge in [-0.05, 0) is 43.3 Å². The minimum absolute atomic E-state index is 0.744. The van der Waals surface area contributed by atoms with Crippen LogP contribution in [0.15, 0.2) is 23.1 Å². The van der Waals surface area contributed by atoms with Crippen molar-refractivity contribution >= 4 is 11.8 Å². The summed E-state index contributed by atoms with van der Waals surface area (Å²) in [6.07, 6.45) is 3.35. The molecule has 1 aliphatic heterocycles. The van der Waals surface area contributed by atoms with Gasteiger partial charge >= 0.3 is 0 Å². The van der Waals surface area contributed by atoms with Gasteiger partial charge < -0.3 is 19.5 Å². The predicted octanol–water partition coefficient (Wildman–Crippen LogP) is 2.96. The molecular weight excluding hydrogens is 286 g/mol. The summed E-state index contributed by atoms with van der Waals surface area (Å²) in [5.74, 6) is 2.89. The predicted molar refractivity (Wildman–Crippen MR) is 86.8 cm³/mol. The molecule has 5 heteroatoms. The Morgan fingerprint density at radius 3 is 2.86 bits per heavy atom. The maximum atomic E-state index is 5.71. The van der Waals surface area contributed by atoms with Gasteiger partial charge in [0.25, 0.3) is 0 Å². The maximum Gasteiger partial charge on any atom is 0.162 e. The highest BCUT2D eigenvalue weighted by molar-refractivity contribution is 7.99. The topological polar surface area (TPSA) is 39.7 Å². The number of thioether (sulfide) groups is 1. The first kappa shape index (κ1) is 16.5. The van der Waals surface area contributed by atoms with Crippen LogP contribution in [0.3, 0.4) is 0 Å². The minimum Gasteiger partial charge on any atom is -0.490 e. The molecule has 0 fully saturated rings. The first-order valence-electron chi connectivity index (χ1n) is 7.62. The Bertz CT molecular complexity index is 415. The molecule has 1 N–H and O–H groups in total. The Hall–Kier alpha value is -0.910. The van der Waals surface area contributed by atoms with E-state index in [0.29, 0.717) is 0 Å². The van der Waals surface area contributed by atoms with Gasteiger partial charge in [0.2, 0.25) is 0 Å². The zero-order chi connectivity index (χ0) is 14.8. The number of methoxy groups -OCH3 is 1. The van der Waals surface area contributed by atoms with Crippen LogP contribution in [0, 0.1) is 0 Å². The number of rotatable bonds is 9. The molecule has 1 aromatic carbocycles. The van der Waals surface area contributed by atoms with E-state index in [2.05, 4.69) is 17.4 Å². The van der Waals surface area contributed by atoms with Gasteiger partial charge in [-0.25, -0.2) is 0 Å². The minimum atomic E-state index is 0.744. The lowest BCUT2D eigenvalue weighted by Crippen LogP contribution is -2.20. The van der Waals surface area contributed by atoms with E-state index in [1.807, 2.05) is 17.8 Å². The van der Waals surface area contributed by atoms with Gasteiger partial charge in [0.1, 0.15) is 0 Å². The van der Waals surface area contributed by atoms with Crippen LogP contribution < -0.4 is 14.8 Å². The van der Waals surface area contributed by atoms with E-state index in [1.165, 1.54) is 17.7 Å². The van der Waals surface area contributed by atoms with E-state index >= 15 is 0 Å². The van der Waals surface area contributed by atoms with Gasteiger partial charge in [-0.15, -0.1) is 11.8 Å². The maximum absolute atomic E-state index is 5.71. The number of hydrogen-bond acceptors (Lipinski definition) is 5. The Balaban J connectivity index is 1.63. The quantitative estimate of drug-likeness (QED) is 0.561. The van der Waals surface area contributed by atoms with Crippen molar-refractivity contribution < 1.29 is 14.2 Å². The van der Waals surface area contributed by atoms with E-state index in [4.69, 9.17) is 14.2 Å². The number of nitrogens with one attached hydrogen (secondary N) is 1. The van der Waals surface area contributed by atoms with E-state index in [9.17, 15) is 0 Å². The largest absolute Gasteiger partial charge is 0.490 e. The molecule has 0 unspecified atom stereocenters. The zero-order valence-electron chi connectivity index (χ0n) is 12.7. The van der Waals surface area contributed by atoms with Crippen molar-refractivity contribution in [3.05, 3.63) is 18.2 Å². The van der Waals surface area contributed by atoms with Gasteiger partial charge in [-0.3, -0.25) is 0 Å². The second-order valence-corrected chi connectivity index (χ2v) is 6.13. The third-order valence-electron chi connectivity index (χ3n) is 3.22. The Labute approximate surface area is 131 Å². The van der Waals surface area contributed by atoms with Gasteiger partial charge in [-0.1, -0.05) is 0 Å². The van der Waals surface area contributed by atoms with Crippen molar-refractivity contribution in [2.45, 2.75) is 24.2 Å². The molecule has 1 heterocycles. The fraction of sp³-hybridized carbons (Fsp3) is 0.625.